The first kappa shape index (κ1) is 18.5. The van der Waals surface area contributed by atoms with Crippen molar-refractivity contribution >= 4 is 23.4 Å². The first-order chi connectivity index (χ1) is 12.7. The number of hydrogen-bond acceptors (Lipinski definition) is 3. The van der Waals surface area contributed by atoms with Crippen molar-refractivity contribution in [3.05, 3.63) is 76.5 Å². The second kappa shape index (κ2) is 8.90. The van der Waals surface area contributed by atoms with Gasteiger partial charge in [0, 0.05) is 13.1 Å². The number of thioether (sulfide) groups is 1. The van der Waals surface area contributed by atoms with Crippen molar-refractivity contribution in [2.24, 2.45) is 0 Å². The van der Waals surface area contributed by atoms with Crippen molar-refractivity contribution in [1.29, 1.82) is 0 Å². The van der Waals surface area contributed by atoms with Crippen molar-refractivity contribution in [2.45, 2.75) is 25.3 Å². The van der Waals surface area contributed by atoms with Gasteiger partial charge in [-0.2, -0.15) is 0 Å². The van der Waals surface area contributed by atoms with Crippen LogP contribution in [0.15, 0.2) is 53.9 Å². The molecular weight excluding hydrogens is 347 g/mol. The molecule has 0 heterocycles. The van der Waals surface area contributed by atoms with E-state index in [2.05, 4.69) is 10.6 Å². The molecule has 1 aliphatic rings. The highest BCUT2D eigenvalue weighted by atomic mass is 32.2. The standard InChI is InChI=1S/C21H23FN2OS/c1-26-11-5-10-23-21(25)20-18(22)12-17(16-8-9-16)13-19(20)24-14-15-6-3-2-4-7-15/h2-7,11-13,16,24H,8-10,14H2,1H3,(H,23,25)/b11-5+. The summed E-state index contributed by atoms with van der Waals surface area (Å²) < 4.78 is 14.7. The lowest BCUT2D eigenvalue weighted by Gasteiger charge is -2.15. The van der Waals surface area contributed by atoms with Gasteiger partial charge in [0.15, 0.2) is 0 Å². The second-order valence-electron chi connectivity index (χ2n) is 6.36. The van der Waals surface area contributed by atoms with Crippen molar-refractivity contribution in [3.8, 4) is 0 Å². The topological polar surface area (TPSA) is 41.1 Å². The molecule has 2 aromatic rings. The van der Waals surface area contributed by atoms with Gasteiger partial charge in [-0.1, -0.05) is 36.4 Å². The number of halogens is 1. The Morgan fingerprint density at radius 3 is 2.73 bits per heavy atom. The quantitative estimate of drug-likeness (QED) is 0.693. The maximum absolute atomic E-state index is 14.7. The van der Waals surface area contributed by atoms with Gasteiger partial charge >= 0.3 is 0 Å². The Bertz CT molecular complexity index is 788. The van der Waals surface area contributed by atoms with Gasteiger partial charge in [0.05, 0.1) is 11.3 Å². The molecule has 5 heteroatoms. The third-order valence-corrected chi connectivity index (χ3v) is 4.79. The van der Waals surface area contributed by atoms with Gasteiger partial charge in [-0.05, 0) is 53.7 Å². The fourth-order valence-corrected chi connectivity index (χ4v) is 3.12. The third-order valence-electron chi connectivity index (χ3n) is 4.33. The predicted molar refractivity (Wildman–Crippen MR) is 107 cm³/mol. The van der Waals surface area contributed by atoms with Gasteiger partial charge in [0.2, 0.25) is 0 Å². The number of hydrogen-bond donors (Lipinski definition) is 2. The lowest BCUT2D eigenvalue weighted by atomic mass is 10.0. The molecule has 0 atom stereocenters. The van der Waals surface area contributed by atoms with Crippen LogP contribution in [0.25, 0.3) is 0 Å². The maximum Gasteiger partial charge on any atom is 0.256 e. The van der Waals surface area contributed by atoms with Crippen molar-refractivity contribution in [1.82, 2.24) is 5.32 Å². The summed E-state index contributed by atoms with van der Waals surface area (Å²) >= 11 is 1.55. The van der Waals surface area contributed by atoms with Gasteiger partial charge in [-0.3, -0.25) is 4.79 Å². The lowest BCUT2D eigenvalue weighted by Crippen LogP contribution is -2.25. The Hall–Kier alpha value is -2.27. The third kappa shape index (κ3) is 4.88. The average Bonchev–Trinajstić information content (AvgIpc) is 3.49. The fraction of sp³-hybridized carbons (Fsp3) is 0.286. The summed E-state index contributed by atoms with van der Waals surface area (Å²) in [5.74, 6) is -0.439. The van der Waals surface area contributed by atoms with E-state index in [0.717, 1.165) is 24.0 Å². The van der Waals surface area contributed by atoms with E-state index in [4.69, 9.17) is 0 Å². The van der Waals surface area contributed by atoms with Crippen LogP contribution < -0.4 is 10.6 Å². The number of benzene rings is 2. The van der Waals surface area contributed by atoms with Crippen LogP contribution in [-0.2, 0) is 6.54 Å². The molecule has 0 bridgehead atoms. The van der Waals surface area contributed by atoms with Crippen LogP contribution in [0.3, 0.4) is 0 Å². The summed E-state index contributed by atoms with van der Waals surface area (Å²) in [6, 6.07) is 13.3. The molecule has 0 unspecified atom stereocenters. The SMILES string of the molecule is CS/C=C/CNC(=O)c1c(F)cc(C2CC2)cc1NCc1ccccc1. The van der Waals surface area contributed by atoms with Gasteiger partial charge < -0.3 is 10.6 Å². The Balaban J connectivity index is 1.81. The Morgan fingerprint density at radius 2 is 2.04 bits per heavy atom. The largest absolute Gasteiger partial charge is 0.380 e. The van der Waals surface area contributed by atoms with E-state index in [1.54, 1.807) is 11.8 Å². The Kier molecular flexibility index (Phi) is 6.34. The lowest BCUT2D eigenvalue weighted by molar-refractivity contribution is 0.0955. The van der Waals surface area contributed by atoms with Crippen LogP contribution in [-0.4, -0.2) is 18.7 Å². The predicted octanol–water partition coefficient (Wildman–Crippen LogP) is 4.92. The number of anilines is 1. The van der Waals surface area contributed by atoms with E-state index in [-0.39, 0.29) is 5.56 Å². The number of nitrogens with one attached hydrogen (secondary N) is 2. The highest BCUT2D eigenvalue weighted by molar-refractivity contribution is 8.01. The molecule has 3 nitrogen and oxygen atoms in total. The van der Waals surface area contributed by atoms with Crippen LogP contribution in [0.4, 0.5) is 10.1 Å². The molecular formula is C21H23FN2OS. The maximum atomic E-state index is 14.7. The van der Waals surface area contributed by atoms with Crippen LogP contribution in [0.1, 0.15) is 40.2 Å². The molecule has 2 aromatic carbocycles. The van der Waals surface area contributed by atoms with E-state index < -0.39 is 11.7 Å². The average molecular weight is 370 g/mol. The van der Waals surface area contributed by atoms with Gasteiger partial charge in [-0.15, -0.1) is 11.8 Å². The number of carbonyl (C=O) groups is 1. The van der Waals surface area contributed by atoms with E-state index in [9.17, 15) is 9.18 Å². The van der Waals surface area contributed by atoms with E-state index in [1.807, 2.05) is 54.1 Å². The number of carbonyl (C=O) groups excluding carboxylic acids is 1. The molecule has 0 aliphatic heterocycles. The fourth-order valence-electron chi connectivity index (χ4n) is 2.83. The zero-order valence-electron chi connectivity index (χ0n) is 14.8. The minimum atomic E-state index is -0.462. The molecule has 2 N–H and O–H groups in total. The minimum absolute atomic E-state index is 0.0860. The first-order valence-corrected chi connectivity index (χ1v) is 10.0. The van der Waals surface area contributed by atoms with Crippen LogP contribution in [0.2, 0.25) is 0 Å². The molecule has 0 aromatic heterocycles. The molecule has 1 aliphatic carbocycles. The van der Waals surface area contributed by atoms with Crippen molar-refractivity contribution in [2.75, 3.05) is 18.1 Å². The summed E-state index contributed by atoms with van der Waals surface area (Å²) in [5, 5.41) is 7.90. The number of amides is 1. The van der Waals surface area contributed by atoms with Crippen molar-refractivity contribution < 1.29 is 9.18 Å². The number of rotatable bonds is 8. The zero-order chi connectivity index (χ0) is 18.4. The molecule has 136 valence electrons. The van der Waals surface area contributed by atoms with Gasteiger partial charge in [-0.25, -0.2) is 4.39 Å². The summed E-state index contributed by atoms with van der Waals surface area (Å²) in [5.41, 5.74) is 2.70. The smallest absolute Gasteiger partial charge is 0.256 e. The molecule has 0 radical (unpaired) electrons. The Labute approximate surface area is 158 Å². The van der Waals surface area contributed by atoms with E-state index in [1.165, 1.54) is 6.07 Å². The van der Waals surface area contributed by atoms with Gasteiger partial charge in [0.25, 0.3) is 5.91 Å². The van der Waals surface area contributed by atoms with Crippen molar-refractivity contribution in [3.63, 3.8) is 0 Å². The van der Waals surface area contributed by atoms with E-state index in [0.29, 0.717) is 24.7 Å². The molecule has 1 saturated carbocycles. The zero-order valence-corrected chi connectivity index (χ0v) is 15.6. The normalized spacial score (nSPS) is 13.8. The van der Waals surface area contributed by atoms with Gasteiger partial charge in [0.1, 0.15) is 5.82 Å². The molecule has 26 heavy (non-hydrogen) atoms. The molecule has 1 fully saturated rings. The van der Waals surface area contributed by atoms with Crippen LogP contribution in [0, 0.1) is 5.82 Å². The summed E-state index contributed by atoms with van der Waals surface area (Å²) in [6.07, 6.45) is 5.96. The second-order valence-corrected chi connectivity index (χ2v) is 7.10. The summed E-state index contributed by atoms with van der Waals surface area (Å²) in [6.45, 7) is 0.919. The molecule has 0 saturated heterocycles. The molecule has 0 spiro atoms. The van der Waals surface area contributed by atoms with E-state index >= 15 is 0 Å². The first-order valence-electron chi connectivity index (χ1n) is 8.76. The van der Waals surface area contributed by atoms with Crippen LogP contribution in [0.5, 0.6) is 0 Å². The summed E-state index contributed by atoms with van der Waals surface area (Å²) in [7, 11) is 0. The molecule has 3 rings (SSSR count). The minimum Gasteiger partial charge on any atom is -0.380 e. The summed E-state index contributed by atoms with van der Waals surface area (Å²) in [4.78, 5) is 12.5. The van der Waals surface area contributed by atoms with Crippen LogP contribution >= 0.6 is 11.8 Å². The highest BCUT2D eigenvalue weighted by Gasteiger charge is 2.27. The Morgan fingerprint density at radius 1 is 1.27 bits per heavy atom. The highest BCUT2D eigenvalue weighted by Crippen LogP contribution is 2.42. The monoisotopic (exact) mass is 370 g/mol. The molecule has 1 amide bonds.